The lowest BCUT2D eigenvalue weighted by atomic mass is 9.94. The van der Waals surface area contributed by atoms with Crippen LogP contribution in [0, 0.1) is 5.92 Å². The van der Waals surface area contributed by atoms with E-state index in [0.717, 1.165) is 36.2 Å². The zero-order valence-corrected chi connectivity index (χ0v) is 12.9. The van der Waals surface area contributed by atoms with Crippen molar-refractivity contribution in [3.05, 3.63) is 28.7 Å². The van der Waals surface area contributed by atoms with Gasteiger partial charge in [0.25, 0.3) is 0 Å². The number of piperidine rings is 1. The van der Waals surface area contributed by atoms with Crippen molar-refractivity contribution in [2.24, 2.45) is 5.92 Å². The zero-order chi connectivity index (χ0) is 13.9. The fourth-order valence-electron chi connectivity index (χ4n) is 3.01. The van der Waals surface area contributed by atoms with Crippen LogP contribution in [0.1, 0.15) is 12.8 Å². The molecule has 20 heavy (non-hydrogen) atoms. The van der Waals surface area contributed by atoms with Gasteiger partial charge in [-0.05, 0) is 43.7 Å². The molecule has 2 aliphatic heterocycles. The van der Waals surface area contributed by atoms with Crippen LogP contribution in [0.4, 0.5) is 0 Å². The molecule has 2 fully saturated rings. The Morgan fingerprint density at radius 3 is 2.90 bits per heavy atom. The lowest BCUT2D eigenvalue weighted by Crippen LogP contribution is -2.41. The van der Waals surface area contributed by atoms with Crippen LogP contribution < -0.4 is 10.1 Å². The largest absolute Gasteiger partial charge is 0.492 e. The molecule has 4 nitrogen and oxygen atoms in total. The SMILES string of the molecule is O=C1C2CCCNC2CN1CCOc1ccc(Br)cc1. The molecule has 0 radical (unpaired) electrons. The molecule has 2 aliphatic rings. The van der Waals surface area contributed by atoms with Crippen molar-refractivity contribution < 1.29 is 9.53 Å². The van der Waals surface area contributed by atoms with Crippen molar-refractivity contribution in [2.45, 2.75) is 18.9 Å². The van der Waals surface area contributed by atoms with Crippen LogP contribution >= 0.6 is 15.9 Å². The number of hydrogen-bond acceptors (Lipinski definition) is 3. The van der Waals surface area contributed by atoms with Gasteiger partial charge in [-0.2, -0.15) is 0 Å². The summed E-state index contributed by atoms with van der Waals surface area (Å²) in [6.07, 6.45) is 2.14. The Balaban J connectivity index is 1.49. The van der Waals surface area contributed by atoms with Crippen LogP contribution in [0.2, 0.25) is 0 Å². The summed E-state index contributed by atoms with van der Waals surface area (Å²) < 4.78 is 6.73. The maximum Gasteiger partial charge on any atom is 0.227 e. The number of ether oxygens (including phenoxy) is 1. The molecule has 1 aromatic rings. The summed E-state index contributed by atoms with van der Waals surface area (Å²) in [7, 11) is 0. The van der Waals surface area contributed by atoms with E-state index in [1.807, 2.05) is 29.2 Å². The molecular formula is C15H19BrN2O2. The minimum absolute atomic E-state index is 0.191. The molecule has 1 amide bonds. The summed E-state index contributed by atoms with van der Waals surface area (Å²) in [5.41, 5.74) is 0. The van der Waals surface area contributed by atoms with Gasteiger partial charge in [-0.1, -0.05) is 15.9 Å². The maximum atomic E-state index is 12.3. The predicted molar refractivity (Wildman–Crippen MR) is 80.7 cm³/mol. The fourth-order valence-corrected chi connectivity index (χ4v) is 3.27. The van der Waals surface area contributed by atoms with Gasteiger partial charge in [0.15, 0.2) is 0 Å². The van der Waals surface area contributed by atoms with Crippen molar-refractivity contribution in [1.82, 2.24) is 10.2 Å². The number of halogens is 1. The average molecular weight is 339 g/mol. The van der Waals surface area contributed by atoms with Gasteiger partial charge >= 0.3 is 0 Å². The summed E-state index contributed by atoms with van der Waals surface area (Å²) in [4.78, 5) is 14.2. The van der Waals surface area contributed by atoms with Crippen LogP contribution in [-0.2, 0) is 4.79 Å². The van der Waals surface area contributed by atoms with E-state index in [1.165, 1.54) is 0 Å². The number of hydrogen-bond donors (Lipinski definition) is 1. The molecule has 0 bridgehead atoms. The van der Waals surface area contributed by atoms with Gasteiger partial charge in [0.2, 0.25) is 5.91 Å². The normalized spacial score (nSPS) is 25.6. The van der Waals surface area contributed by atoms with E-state index < -0.39 is 0 Å². The Morgan fingerprint density at radius 2 is 2.15 bits per heavy atom. The summed E-state index contributed by atoms with van der Waals surface area (Å²) in [6.45, 7) is 3.08. The topological polar surface area (TPSA) is 41.6 Å². The molecule has 2 atom stereocenters. The summed E-state index contributed by atoms with van der Waals surface area (Å²) in [6, 6.07) is 8.11. The summed E-state index contributed by atoms with van der Waals surface area (Å²) in [5, 5.41) is 3.45. The van der Waals surface area contributed by atoms with E-state index in [2.05, 4.69) is 21.2 Å². The number of benzene rings is 1. The maximum absolute atomic E-state index is 12.3. The summed E-state index contributed by atoms with van der Waals surface area (Å²) >= 11 is 3.39. The first kappa shape index (κ1) is 13.9. The molecule has 0 saturated carbocycles. The molecule has 2 unspecified atom stereocenters. The second-order valence-corrected chi connectivity index (χ2v) is 6.31. The molecule has 2 saturated heterocycles. The fraction of sp³-hybridized carbons (Fsp3) is 0.533. The second kappa shape index (κ2) is 6.14. The van der Waals surface area contributed by atoms with Gasteiger partial charge in [0.1, 0.15) is 12.4 Å². The zero-order valence-electron chi connectivity index (χ0n) is 11.3. The van der Waals surface area contributed by atoms with Crippen molar-refractivity contribution in [1.29, 1.82) is 0 Å². The highest BCUT2D eigenvalue weighted by Crippen LogP contribution is 2.26. The molecule has 0 aliphatic carbocycles. The smallest absolute Gasteiger partial charge is 0.227 e. The van der Waals surface area contributed by atoms with Gasteiger partial charge in [-0.25, -0.2) is 0 Å². The van der Waals surface area contributed by atoms with Crippen LogP contribution in [0.5, 0.6) is 5.75 Å². The lowest BCUT2D eigenvalue weighted by Gasteiger charge is -2.23. The van der Waals surface area contributed by atoms with E-state index >= 15 is 0 Å². The van der Waals surface area contributed by atoms with Gasteiger partial charge < -0.3 is 15.0 Å². The molecular weight excluding hydrogens is 320 g/mol. The number of carbonyl (C=O) groups excluding carboxylic acids is 1. The first-order valence-electron chi connectivity index (χ1n) is 7.14. The molecule has 5 heteroatoms. The second-order valence-electron chi connectivity index (χ2n) is 5.40. The number of fused-ring (bicyclic) bond motifs is 1. The molecule has 1 N–H and O–H groups in total. The van der Waals surface area contributed by atoms with Crippen molar-refractivity contribution in [3.63, 3.8) is 0 Å². The first-order chi connectivity index (χ1) is 9.74. The predicted octanol–water partition coefficient (Wildman–Crippen LogP) is 2.04. The Kier molecular flexibility index (Phi) is 4.27. The van der Waals surface area contributed by atoms with Crippen LogP contribution in [0.3, 0.4) is 0 Å². The van der Waals surface area contributed by atoms with Crippen molar-refractivity contribution >= 4 is 21.8 Å². The van der Waals surface area contributed by atoms with E-state index in [9.17, 15) is 4.79 Å². The molecule has 1 aromatic carbocycles. The van der Waals surface area contributed by atoms with E-state index in [-0.39, 0.29) is 5.92 Å². The Hall–Kier alpha value is -1.07. The molecule has 2 heterocycles. The van der Waals surface area contributed by atoms with Crippen molar-refractivity contribution in [2.75, 3.05) is 26.2 Å². The Morgan fingerprint density at radius 1 is 1.35 bits per heavy atom. The van der Waals surface area contributed by atoms with Crippen LogP contribution in [-0.4, -0.2) is 43.1 Å². The highest BCUT2D eigenvalue weighted by atomic mass is 79.9. The van der Waals surface area contributed by atoms with Gasteiger partial charge in [0, 0.05) is 17.1 Å². The first-order valence-corrected chi connectivity index (χ1v) is 7.94. The standard InChI is InChI=1S/C15H19BrN2O2/c16-11-3-5-12(6-4-11)20-9-8-18-10-14-13(15(18)19)2-1-7-17-14/h3-6,13-14,17H,1-2,7-10H2. The quantitative estimate of drug-likeness (QED) is 0.913. The number of nitrogens with zero attached hydrogens (tertiary/aromatic N) is 1. The third kappa shape index (κ3) is 2.99. The lowest BCUT2D eigenvalue weighted by molar-refractivity contribution is -0.131. The molecule has 3 rings (SSSR count). The van der Waals surface area contributed by atoms with Gasteiger partial charge in [0.05, 0.1) is 12.5 Å². The van der Waals surface area contributed by atoms with E-state index in [1.54, 1.807) is 0 Å². The molecule has 108 valence electrons. The highest BCUT2D eigenvalue weighted by Gasteiger charge is 2.40. The number of nitrogens with one attached hydrogen (secondary N) is 1. The van der Waals surface area contributed by atoms with E-state index in [0.29, 0.717) is 25.1 Å². The average Bonchev–Trinajstić information content (AvgIpc) is 2.78. The number of amides is 1. The minimum Gasteiger partial charge on any atom is -0.492 e. The van der Waals surface area contributed by atoms with Crippen LogP contribution in [0.15, 0.2) is 28.7 Å². The van der Waals surface area contributed by atoms with Gasteiger partial charge in [-0.15, -0.1) is 0 Å². The third-order valence-electron chi connectivity index (χ3n) is 4.07. The van der Waals surface area contributed by atoms with E-state index in [4.69, 9.17) is 4.74 Å². The highest BCUT2D eigenvalue weighted by molar-refractivity contribution is 9.10. The summed E-state index contributed by atoms with van der Waals surface area (Å²) in [5.74, 6) is 1.33. The third-order valence-corrected chi connectivity index (χ3v) is 4.60. The monoisotopic (exact) mass is 338 g/mol. The van der Waals surface area contributed by atoms with Gasteiger partial charge in [-0.3, -0.25) is 4.79 Å². The van der Waals surface area contributed by atoms with Crippen LogP contribution in [0.25, 0.3) is 0 Å². The Labute approximate surface area is 127 Å². The molecule has 0 spiro atoms. The molecule has 0 aromatic heterocycles. The number of likely N-dealkylation sites (tertiary alicyclic amines) is 1. The number of rotatable bonds is 4. The Bertz CT molecular complexity index is 477. The van der Waals surface area contributed by atoms with Crippen molar-refractivity contribution in [3.8, 4) is 5.75 Å². The minimum atomic E-state index is 0.191. The number of carbonyl (C=O) groups is 1.